The lowest BCUT2D eigenvalue weighted by molar-refractivity contribution is 0.285. The predicted molar refractivity (Wildman–Crippen MR) is 139 cm³/mol. The first-order valence-corrected chi connectivity index (χ1v) is 13.0. The van der Waals surface area contributed by atoms with E-state index in [-0.39, 0.29) is 16.0 Å². The molecule has 2 aromatic heterocycles. The highest BCUT2D eigenvalue weighted by atomic mass is 32.2. The fourth-order valence-corrected chi connectivity index (χ4v) is 5.93. The highest BCUT2D eigenvalue weighted by molar-refractivity contribution is 8.14. The van der Waals surface area contributed by atoms with E-state index < -0.39 is 6.17 Å². The van der Waals surface area contributed by atoms with Crippen LogP contribution in [0.5, 0.6) is 0 Å². The van der Waals surface area contributed by atoms with Gasteiger partial charge < -0.3 is 15.1 Å². The lowest BCUT2D eigenvalue weighted by atomic mass is 9.96. The van der Waals surface area contributed by atoms with Gasteiger partial charge in [-0.05, 0) is 71.3 Å². The number of fused-ring (bicyclic) bond motifs is 1. The molecule has 2 aliphatic rings. The topological polar surface area (TPSA) is 71.7 Å². The third-order valence-electron chi connectivity index (χ3n) is 6.85. The third kappa shape index (κ3) is 5.19. The van der Waals surface area contributed by atoms with Crippen LogP contribution in [0, 0.1) is 11.3 Å². The lowest BCUT2D eigenvalue weighted by Gasteiger charge is -2.35. The summed E-state index contributed by atoms with van der Waals surface area (Å²) in [5.41, 5.74) is 4.06. The van der Waals surface area contributed by atoms with Crippen LogP contribution in [0.2, 0.25) is 0 Å². The lowest BCUT2D eigenvalue weighted by Crippen LogP contribution is -2.37. The Bertz CT molecular complexity index is 981. The molecule has 4 rings (SSSR count). The van der Waals surface area contributed by atoms with Crippen molar-refractivity contribution in [2.75, 3.05) is 45.7 Å². The van der Waals surface area contributed by atoms with Crippen LogP contribution in [0.15, 0.2) is 18.5 Å². The van der Waals surface area contributed by atoms with E-state index in [9.17, 15) is 4.39 Å². The first-order valence-electron chi connectivity index (χ1n) is 11.7. The van der Waals surface area contributed by atoms with Crippen LogP contribution < -0.4 is 14.9 Å². The van der Waals surface area contributed by atoms with E-state index in [4.69, 9.17) is 10.4 Å². The Balaban J connectivity index is 1.70. The molecule has 3 heterocycles. The molecule has 0 radical (unpaired) electrons. The van der Waals surface area contributed by atoms with Crippen molar-refractivity contribution in [2.24, 2.45) is 5.92 Å². The van der Waals surface area contributed by atoms with Gasteiger partial charge in [0.25, 0.3) is 0 Å². The first-order chi connectivity index (χ1) is 15.8. The molecule has 1 saturated carbocycles. The Labute approximate surface area is 205 Å². The molecule has 3 N–H and O–H groups in total. The number of anilines is 1. The second kappa shape index (κ2) is 10.1. The van der Waals surface area contributed by atoms with E-state index in [0.717, 1.165) is 55.4 Å². The summed E-state index contributed by atoms with van der Waals surface area (Å²) in [5, 5.41) is 11.0. The molecule has 1 aliphatic heterocycles. The maximum absolute atomic E-state index is 13.7. The molecular weight excluding hydrogens is 457 g/mol. The molecule has 7 nitrogen and oxygen atoms in total. The van der Waals surface area contributed by atoms with Gasteiger partial charge in [-0.15, -0.1) is 0 Å². The van der Waals surface area contributed by atoms with Gasteiger partial charge in [-0.25, -0.2) is 9.37 Å². The number of pyridine rings is 1. The number of piperidine rings is 1. The van der Waals surface area contributed by atoms with Gasteiger partial charge in [-0.2, -0.15) is 0 Å². The van der Waals surface area contributed by atoms with Gasteiger partial charge >= 0.3 is 0 Å². The number of nitrogens with zero attached hydrogens (tertiary/aromatic N) is 4. The minimum atomic E-state index is -1.29. The standard InChI is InChI=1S/C23H36FN7S2/c1-15(24)20(25)33-22(26-2)19-12-27-21-18(30-9-5-16(6-10-30)13-29(3)4)11-17(14-31(19)21)23(28-32)7-8-23/h11-12,14-16,22,25-26,28,32H,5-10,13H2,1-4H3. The van der Waals surface area contributed by atoms with Gasteiger partial charge in [0.05, 0.1) is 23.1 Å². The minimum Gasteiger partial charge on any atom is -0.369 e. The van der Waals surface area contributed by atoms with E-state index >= 15 is 0 Å². The number of nitrogens with one attached hydrogen (secondary N) is 3. The van der Waals surface area contributed by atoms with Crippen LogP contribution in [0.3, 0.4) is 0 Å². The summed E-state index contributed by atoms with van der Waals surface area (Å²) < 4.78 is 19.1. The summed E-state index contributed by atoms with van der Waals surface area (Å²) in [6.45, 7) is 4.55. The maximum atomic E-state index is 13.7. The average molecular weight is 494 g/mol. The minimum absolute atomic E-state index is 0.0133. The maximum Gasteiger partial charge on any atom is 0.160 e. The third-order valence-corrected chi connectivity index (χ3v) is 8.57. The van der Waals surface area contributed by atoms with Crippen LogP contribution in [-0.2, 0) is 5.54 Å². The fourth-order valence-electron chi connectivity index (χ4n) is 4.73. The summed E-state index contributed by atoms with van der Waals surface area (Å²) in [6, 6.07) is 2.28. The average Bonchev–Trinajstić information content (AvgIpc) is 3.49. The molecule has 10 heteroatoms. The number of rotatable bonds is 9. The molecule has 1 aliphatic carbocycles. The van der Waals surface area contributed by atoms with Crippen molar-refractivity contribution in [2.45, 2.75) is 49.7 Å². The highest BCUT2D eigenvalue weighted by Gasteiger charge is 2.44. The number of hydrogen-bond acceptors (Lipinski definition) is 8. The molecule has 0 spiro atoms. The molecule has 1 saturated heterocycles. The Morgan fingerprint density at radius 1 is 1.39 bits per heavy atom. The van der Waals surface area contributed by atoms with Crippen LogP contribution in [0.4, 0.5) is 10.1 Å². The van der Waals surface area contributed by atoms with E-state index in [1.807, 2.05) is 13.2 Å². The van der Waals surface area contributed by atoms with Crippen molar-refractivity contribution in [3.63, 3.8) is 0 Å². The number of thioether (sulfide) groups is 1. The molecular formula is C23H36FN7S2. The van der Waals surface area contributed by atoms with Crippen LogP contribution >= 0.6 is 24.6 Å². The Morgan fingerprint density at radius 2 is 2.09 bits per heavy atom. The Morgan fingerprint density at radius 3 is 2.64 bits per heavy atom. The summed E-state index contributed by atoms with van der Waals surface area (Å²) >= 11 is 5.63. The van der Waals surface area contributed by atoms with Crippen LogP contribution in [0.1, 0.15) is 49.2 Å². The molecule has 2 aromatic rings. The number of thiol groups is 1. The molecule has 182 valence electrons. The normalized spacial score (nSPS) is 20.4. The zero-order valence-corrected chi connectivity index (χ0v) is 21.6. The molecule has 33 heavy (non-hydrogen) atoms. The summed E-state index contributed by atoms with van der Waals surface area (Å²) in [4.78, 5) is 9.55. The Hall–Kier alpha value is -1.33. The quantitative estimate of drug-likeness (QED) is 0.184. The molecule has 2 fully saturated rings. The SMILES string of the molecule is CNC(SC(=N)C(C)F)c1cnc2c(N3CCC(CN(C)C)CC3)cc(C3(NS)CC3)cn12. The Kier molecular flexibility index (Phi) is 7.59. The van der Waals surface area contributed by atoms with E-state index in [0.29, 0.717) is 0 Å². The summed E-state index contributed by atoms with van der Waals surface area (Å²) in [6.07, 6.45) is 7.14. The van der Waals surface area contributed by atoms with E-state index in [1.165, 1.54) is 37.1 Å². The van der Waals surface area contributed by atoms with Crippen molar-refractivity contribution in [1.82, 2.24) is 24.3 Å². The van der Waals surface area contributed by atoms with Gasteiger partial charge in [-0.1, -0.05) is 24.6 Å². The highest BCUT2D eigenvalue weighted by Crippen LogP contribution is 2.47. The van der Waals surface area contributed by atoms with Crippen molar-refractivity contribution in [3.05, 3.63) is 29.7 Å². The largest absolute Gasteiger partial charge is 0.369 e. The van der Waals surface area contributed by atoms with Gasteiger partial charge in [-0.3, -0.25) is 14.5 Å². The second-order valence-electron chi connectivity index (χ2n) is 9.64. The van der Waals surface area contributed by atoms with Crippen LogP contribution in [0.25, 0.3) is 5.65 Å². The molecule has 0 amide bonds. The molecule has 0 bridgehead atoms. The zero-order valence-electron chi connectivity index (χ0n) is 19.9. The monoisotopic (exact) mass is 493 g/mol. The van der Waals surface area contributed by atoms with Crippen molar-refractivity contribution in [3.8, 4) is 0 Å². The number of hydrogen-bond donors (Lipinski definition) is 4. The van der Waals surface area contributed by atoms with Gasteiger partial charge in [0, 0.05) is 25.8 Å². The van der Waals surface area contributed by atoms with Crippen molar-refractivity contribution >= 4 is 41.0 Å². The van der Waals surface area contributed by atoms with Crippen molar-refractivity contribution < 1.29 is 4.39 Å². The van der Waals surface area contributed by atoms with Gasteiger partial charge in [0.1, 0.15) is 16.6 Å². The number of imidazole rings is 1. The molecule has 2 unspecified atom stereocenters. The smallest absolute Gasteiger partial charge is 0.160 e. The van der Waals surface area contributed by atoms with E-state index in [1.54, 1.807) is 0 Å². The summed E-state index contributed by atoms with van der Waals surface area (Å²) in [5.74, 6) is 0.721. The van der Waals surface area contributed by atoms with Crippen LogP contribution in [-0.4, -0.2) is 66.3 Å². The zero-order chi connectivity index (χ0) is 23.8. The molecule has 0 aromatic carbocycles. The van der Waals surface area contributed by atoms with E-state index in [2.05, 4.69) is 63.4 Å². The summed E-state index contributed by atoms with van der Waals surface area (Å²) in [7, 11) is 6.13. The van der Waals surface area contributed by atoms with Gasteiger partial charge in [0.15, 0.2) is 5.65 Å². The predicted octanol–water partition coefficient (Wildman–Crippen LogP) is 3.82. The molecule has 2 atom stereocenters. The first kappa shape index (κ1) is 24.8. The fraction of sp³-hybridized carbons (Fsp3) is 0.652. The second-order valence-corrected chi connectivity index (χ2v) is 11.0. The van der Waals surface area contributed by atoms with Gasteiger partial charge in [0.2, 0.25) is 0 Å². The number of halogens is 1. The number of aromatic nitrogens is 2. The van der Waals surface area contributed by atoms with Crippen molar-refractivity contribution in [1.29, 1.82) is 5.41 Å². The number of alkyl halides is 1.